The van der Waals surface area contributed by atoms with Crippen LogP contribution >= 0.6 is 11.6 Å². The smallest absolute Gasteiger partial charge is 0.255 e. The molecule has 0 aliphatic rings. The summed E-state index contributed by atoms with van der Waals surface area (Å²) in [5.74, 6) is -0.0662. The van der Waals surface area contributed by atoms with Crippen LogP contribution in [0.25, 0.3) is 0 Å². The molecule has 1 unspecified atom stereocenters. The summed E-state index contributed by atoms with van der Waals surface area (Å²) in [5, 5.41) is 0.542. The van der Waals surface area contributed by atoms with E-state index in [9.17, 15) is 4.79 Å². The van der Waals surface area contributed by atoms with Gasteiger partial charge in [-0.1, -0.05) is 18.5 Å². The fourth-order valence-electron chi connectivity index (χ4n) is 1.39. The molecule has 2 N–H and O–H groups in total. The van der Waals surface area contributed by atoms with Crippen molar-refractivity contribution in [2.45, 2.75) is 26.3 Å². The molecule has 1 atom stereocenters. The van der Waals surface area contributed by atoms with Gasteiger partial charge in [-0.3, -0.25) is 4.79 Å². The number of benzene rings is 1. The average Bonchev–Trinajstić information content (AvgIpc) is 2.26. The molecule has 1 aromatic rings. The summed E-state index contributed by atoms with van der Waals surface area (Å²) in [7, 11) is 1.78. The van der Waals surface area contributed by atoms with Crippen molar-refractivity contribution in [3.63, 3.8) is 0 Å². The number of nitrogen functional groups attached to an aromatic ring is 1. The third-order valence-corrected chi connectivity index (χ3v) is 3.05. The number of hydrogen-bond acceptors (Lipinski definition) is 2. The Hall–Kier alpha value is -1.22. The van der Waals surface area contributed by atoms with Crippen molar-refractivity contribution in [3.05, 3.63) is 28.8 Å². The van der Waals surface area contributed by atoms with Crippen LogP contribution in [0.5, 0.6) is 0 Å². The van der Waals surface area contributed by atoms with E-state index >= 15 is 0 Å². The molecule has 0 saturated carbocycles. The Labute approximate surface area is 101 Å². The zero-order valence-electron chi connectivity index (χ0n) is 9.83. The normalized spacial score (nSPS) is 12.2. The Morgan fingerprint density at radius 1 is 1.56 bits per heavy atom. The van der Waals surface area contributed by atoms with Gasteiger partial charge in [0.2, 0.25) is 0 Å². The lowest BCUT2D eigenvalue weighted by Crippen LogP contribution is -2.34. The van der Waals surface area contributed by atoms with E-state index in [-0.39, 0.29) is 11.9 Å². The Morgan fingerprint density at radius 2 is 2.19 bits per heavy atom. The maximum absolute atomic E-state index is 12.1. The van der Waals surface area contributed by atoms with Crippen molar-refractivity contribution in [2.75, 3.05) is 12.8 Å². The van der Waals surface area contributed by atoms with Gasteiger partial charge in [0.1, 0.15) is 0 Å². The maximum atomic E-state index is 12.1. The van der Waals surface area contributed by atoms with Crippen LogP contribution in [0.15, 0.2) is 18.2 Å². The molecule has 0 heterocycles. The molecule has 3 nitrogen and oxygen atoms in total. The Kier molecular flexibility index (Phi) is 4.19. The van der Waals surface area contributed by atoms with Gasteiger partial charge in [-0.15, -0.1) is 0 Å². The minimum Gasteiger partial charge on any atom is -0.398 e. The van der Waals surface area contributed by atoms with E-state index in [0.29, 0.717) is 16.3 Å². The van der Waals surface area contributed by atoms with Crippen LogP contribution in [-0.2, 0) is 0 Å². The molecule has 0 fully saturated rings. The van der Waals surface area contributed by atoms with Gasteiger partial charge in [-0.25, -0.2) is 0 Å². The van der Waals surface area contributed by atoms with Gasteiger partial charge in [0.15, 0.2) is 0 Å². The van der Waals surface area contributed by atoms with Gasteiger partial charge in [0, 0.05) is 23.8 Å². The predicted molar refractivity (Wildman–Crippen MR) is 67.7 cm³/mol. The highest BCUT2D eigenvalue weighted by molar-refractivity contribution is 6.31. The number of amides is 1. The first kappa shape index (κ1) is 12.8. The number of rotatable bonds is 3. The van der Waals surface area contributed by atoms with E-state index in [2.05, 4.69) is 0 Å². The number of carbonyl (C=O) groups is 1. The lowest BCUT2D eigenvalue weighted by Gasteiger charge is -2.24. The van der Waals surface area contributed by atoms with Gasteiger partial charge in [-0.2, -0.15) is 0 Å². The van der Waals surface area contributed by atoms with E-state index < -0.39 is 0 Å². The van der Waals surface area contributed by atoms with Crippen LogP contribution in [0.3, 0.4) is 0 Å². The van der Waals surface area contributed by atoms with Crippen LogP contribution < -0.4 is 5.73 Å². The fourth-order valence-corrected chi connectivity index (χ4v) is 1.57. The molecule has 1 rings (SSSR count). The second-order valence-corrected chi connectivity index (χ2v) is 4.34. The van der Waals surface area contributed by atoms with Gasteiger partial charge >= 0.3 is 0 Å². The van der Waals surface area contributed by atoms with Gasteiger partial charge in [0.25, 0.3) is 5.91 Å². The Balaban J connectivity index is 2.96. The lowest BCUT2D eigenvalue weighted by atomic mass is 10.1. The summed E-state index contributed by atoms with van der Waals surface area (Å²) in [4.78, 5) is 13.8. The first-order chi connectivity index (χ1) is 7.47. The molecule has 0 aromatic heterocycles. The van der Waals surface area contributed by atoms with Crippen molar-refractivity contribution in [2.24, 2.45) is 0 Å². The summed E-state index contributed by atoms with van der Waals surface area (Å²) in [6.45, 7) is 4.05. The number of hydrogen-bond donors (Lipinski definition) is 1. The predicted octanol–water partition coefficient (Wildman–Crippen LogP) is 2.79. The van der Waals surface area contributed by atoms with Crippen LogP contribution in [0.2, 0.25) is 5.02 Å². The van der Waals surface area contributed by atoms with E-state index in [1.165, 1.54) is 0 Å². The minimum atomic E-state index is -0.0662. The SMILES string of the molecule is CCC(C)N(C)C(=O)c1ccc(Cl)cc1N. The zero-order valence-corrected chi connectivity index (χ0v) is 10.6. The van der Waals surface area contributed by atoms with E-state index in [0.717, 1.165) is 6.42 Å². The summed E-state index contributed by atoms with van der Waals surface area (Å²) >= 11 is 5.79. The second kappa shape index (κ2) is 5.21. The van der Waals surface area contributed by atoms with Crippen molar-refractivity contribution in [3.8, 4) is 0 Å². The Morgan fingerprint density at radius 3 is 2.69 bits per heavy atom. The van der Waals surface area contributed by atoms with Gasteiger partial charge < -0.3 is 10.6 Å². The van der Waals surface area contributed by atoms with Crippen LogP contribution in [-0.4, -0.2) is 23.9 Å². The highest BCUT2D eigenvalue weighted by atomic mass is 35.5. The fraction of sp³-hybridized carbons (Fsp3) is 0.417. The molecule has 1 amide bonds. The van der Waals surface area contributed by atoms with Crippen LogP contribution in [0.1, 0.15) is 30.6 Å². The van der Waals surface area contributed by atoms with E-state index in [1.807, 2.05) is 13.8 Å². The molecule has 0 aliphatic heterocycles. The molecule has 0 bridgehead atoms. The maximum Gasteiger partial charge on any atom is 0.255 e. The van der Waals surface area contributed by atoms with Crippen molar-refractivity contribution < 1.29 is 4.79 Å². The monoisotopic (exact) mass is 240 g/mol. The highest BCUT2D eigenvalue weighted by Crippen LogP contribution is 2.20. The largest absolute Gasteiger partial charge is 0.398 e. The first-order valence-electron chi connectivity index (χ1n) is 5.29. The number of nitrogens with two attached hydrogens (primary N) is 1. The topological polar surface area (TPSA) is 46.3 Å². The molecule has 0 radical (unpaired) electrons. The van der Waals surface area contributed by atoms with Gasteiger partial charge in [-0.05, 0) is 31.5 Å². The second-order valence-electron chi connectivity index (χ2n) is 3.90. The van der Waals surface area contributed by atoms with Crippen LogP contribution in [0.4, 0.5) is 5.69 Å². The molecule has 0 saturated heterocycles. The summed E-state index contributed by atoms with van der Waals surface area (Å²) < 4.78 is 0. The number of anilines is 1. The molecular weight excluding hydrogens is 224 g/mol. The van der Waals surface area contributed by atoms with Gasteiger partial charge in [0.05, 0.1) is 5.56 Å². The molecular formula is C12H17ClN2O. The van der Waals surface area contributed by atoms with Crippen molar-refractivity contribution in [1.29, 1.82) is 0 Å². The summed E-state index contributed by atoms with van der Waals surface area (Å²) in [6, 6.07) is 5.14. The summed E-state index contributed by atoms with van der Waals surface area (Å²) in [6.07, 6.45) is 0.912. The summed E-state index contributed by atoms with van der Waals surface area (Å²) in [5.41, 5.74) is 6.70. The third kappa shape index (κ3) is 2.67. The quantitative estimate of drug-likeness (QED) is 0.826. The lowest BCUT2D eigenvalue weighted by molar-refractivity contribution is 0.0741. The zero-order chi connectivity index (χ0) is 12.3. The molecule has 0 spiro atoms. The third-order valence-electron chi connectivity index (χ3n) is 2.82. The Bertz CT molecular complexity index is 393. The first-order valence-corrected chi connectivity index (χ1v) is 5.67. The molecule has 1 aromatic carbocycles. The van der Waals surface area contributed by atoms with E-state index in [1.54, 1.807) is 30.1 Å². The molecule has 16 heavy (non-hydrogen) atoms. The molecule has 4 heteroatoms. The number of carbonyl (C=O) groups excluding carboxylic acids is 1. The van der Waals surface area contributed by atoms with Crippen molar-refractivity contribution in [1.82, 2.24) is 4.90 Å². The van der Waals surface area contributed by atoms with E-state index in [4.69, 9.17) is 17.3 Å². The number of halogens is 1. The van der Waals surface area contributed by atoms with Crippen molar-refractivity contribution >= 4 is 23.2 Å². The standard InChI is InChI=1S/C12H17ClN2O/c1-4-8(2)15(3)12(16)10-6-5-9(13)7-11(10)14/h5-8H,4,14H2,1-3H3. The molecule has 88 valence electrons. The average molecular weight is 241 g/mol. The minimum absolute atomic E-state index is 0.0662. The highest BCUT2D eigenvalue weighted by Gasteiger charge is 2.18. The molecule has 0 aliphatic carbocycles. The number of nitrogens with zero attached hydrogens (tertiary/aromatic N) is 1. The van der Waals surface area contributed by atoms with Crippen LogP contribution in [0, 0.1) is 0 Å².